The first kappa shape index (κ1) is 22.2. The molecule has 1 heterocycles. The fourth-order valence-electron chi connectivity index (χ4n) is 2.83. The Kier molecular flexibility index (Phi) is 14.1. The maximum absolute atomic E-state index is 2.63. The van der Waals surface area contributed by atoms with Gasteiger partial charge in [-0.25, -0.2) is 0 Å². The fraction of sp³-hybridized carbons (Fsp3) is 1.00. The summed E-state index contributed by atoms with van der Waals surface area (Å²) < 4.78 is 0. The van der Waals surface area contributed by atoms with Gasteiger partial charge in [-0.2, -0.15) is 0 Å². The van der Waals surface area contributed by atoms with Gasteiger partial charge in [0.15, 0.2) is 0 Å². The monoisotopic (exact) mass is 285 g/mol. The topological polar surface area (TPSA) is 3.24 Å². The minimum absolute atomic E-state index is 0.695. The van der Waals surface area contributed by atoms with E-state index in [4.69, 9.17) is 0 Å². The molecule has 1 saturated heterocycles. The quantitative estimate of drug-likeness (QED) is 0.579. The van der Waals surface area contributed by atoms with Gasteiger partial charge in [-0.05, 0) is 57.5 Å². The van der Waals surface area contributed by atoms with Crippen molar-refractivity contribution in [2.45, 2.75) is 100 Å². The Morgan fingerprint density at radius 1 is 0.900 bits per heavy atom. The van der Waals surface area contributed by atoms with Crippen LogP contribution in [0.25, 0.3) is 0 Å². The molecule has 0 aliphatic carbocycles. The number of hydrogen-bond acceptors (Lipinski definition) is 1. The maximum atomic E-state index is 2.63. The molecule has 0 atom stereocenters. The summed E-state index contributed by atoms with van der Waals surface area (Å²) in [5, 5.41) is 0. The van der Waals surface area contributed by atoms with Crippen molar-refractivity contribution in [3.8, 4) is 0 Å². The summed E-state index contributed by atoms with van der Waals surface area (Å²) in [6.45, 7) is 22.5. The summed E-state index contributed by atoms with van der Waals surface area (Å²) in [5.41, 5.74) is 0.695. The van der Waals surface area contributed by atoms with Gasteiger partial charge in [-0.3, -0.25) is 0 Å². The van der Waals surface area contributed by atoms with E-state index in [0.29, 0.717) is 5.41 Å². The molecule has 1 aliphatic heterocycles. The van der Waals surface area contributed by atoms with Crippen LogP contribution < -0.4 is 0 Å². The molecular formula is C19H43N. The van der Waals surface area contributed by atoms with Crippen LogP contribution >= 0.6 is 0 Å². The highest BCUT2D eigenvalue weighted by atomic mass is 15.2. The highest BCUT2D eigenvalue weighted by Crippen LogP contribution is 2.39. The average Bonchev–Trinajstić information content (AvgIpc) is 2.41. The zero-order valence-corrected chi connectivity index (χ0v) is 16.1. The normalized spacial score (nSPS) is 18.1. The first-order chi connectivity index (χ1) is 9.37. The molecule has 0 aromatic carbocycles. The maximum Gasteiger partial charge on any atom is 0.00385 e. The van der Waals surface area contributed by atoms with Crippen LogP contribution in [0.4, 0.5) is 0 Å². The average molecular weight is 286 g/mol. The lowest BCUT2D eigenvalue weighted by atomic mass is 9.73. The molecular weight excluding hydrogens is 242 g/mol. The number of nitrogens with zero attached hydrogens (tertiary/aromatic N) is 1. The smallest absolute Gasteiger partial charge is 0.00385 e. The van der Waals surface area contributed by atoms with Crippen LogP contribution in [-0.2, 0) is 0 Å². The molecule has 1 fully saturated rings. The second kappa shape index (κ2) is 12.7. The van der Waals surface area contributed by atoms with E-state index >= 15 is 0 Å². The molecule has 124 valence electrons. The summed E-state index contributed by atoms with van der Waals surface area (Å²) in [7, 11) is 0. The molecule has 0 spiro atoms. The third-order valence-corrected chi connectivity index (χ3v) is 4.12. The molecule has 1 aliphatic rings. The van der Waals surface area contributed by atoms with E-state index in [2.05, 4.69) is 53.4 Å². The Bertz CT molecular complexity index is 185. The van der Waals surface area contributed by atoms with Gasteiger partial charge in [0, 0.05) is 6.04 Å². The van der Waals surface area contributed by atoms with E-state index < -0.39 is 0 Å². The Hall–Kier alpha value is -0.0400. The lowest BCUT2D eigenvalue weighted by Gasteiger charge is -2.43. The van der Waals surface area contributed by atoms with E-state index in [1.807, 2.05) is 13.8 Å². The van der Waals surface area contributed by atoms with Crippen LogP contribution in [-0.4, -0.2) is 24.0 Å². The number of piperidine rings is 1. The fourth-order valence-corrected chi connectivity index (χ4v) is 2.83. The second-order valence-electron chi connectivity index (χ2n) is 6.97. The minimum Gasteiger partial charge on any atom is -0.301 e. The van der Waals surface area contributed by atoms with Gasteiger partial charge in [0.2, 0.25) is 0 Å². The number of hydrogen-bond donors (Lipinski definition) is 0. The Morgan fingerprint density at radius 3 is 1.55 bits per heavy atom. The van der Waals surface area contributed by atoms with Crippen molar-refractivity contribution in [3.63, 3.8) is 0 Å². The molecule has 0 N–H and O–H groups in total. The first-order valence-corrected chi connectivity index (χ1v) is 9.11. The lowest BCUT2D eigenvalue weighted by Crippen LogP contribution is -2.43. The van der Waals surface area contributed by atoms with Crippen molar-refractivity contribution in [1.29, 1.82) is 0 Å². The number of likely N-dealkylation sites (tertiary alicyclic amines) is 1. The molecule has 1 nitrogen and oxygen atoms in total. The Morgan fingerprint density at radius 2 is 1.30 bits per heavy atom. The highest BCUT2D eigenvalue weighted by molar-refractivity contribution is 4.85. The zero-order valence-electron chi connectivity index (χ0n) is 16.1. The summed E-state index contributed by atoms with van der Waals surface area (Å²) in [5.74, 6) is 0.833. The van der Waals surface area contributed by atoms with Gasteiger partial charge >= 0.3 is 0 Å². The van der Waals surface area contributed by atoms with Gasteiger partial charge in [0.05, 0.1) is 0 Å². The molecule has 0 aromatic heterocycles. The summed E-state index contributed by atoms with van der Waals surface area (Å²) in [6.07, 6.45) is 7.03. The van der Waals surface area contributed by atoms with Gasteiger partial charge in [-0.1, -0.05) is 61.3 Å². The standard InChI is InChI=1S/C13H27N.C4H10.C2H6/c1-5-7-13(6-2)8-10-14(11-9-13)12(3)4;1-4(2)3;1-2/h12H,5-11H2,1-4H3;4H,1-3H3;1-2H3. The minimum atomic E-state index is 0.695. The summed E-state index contributed by atoms with van der Waals surface area (Å²) in [4.78, 5) is 2.63. The SMILES string of the molecule is CC.CC(C)C.CCCC1(CC)CCN(C(C)C)CC1. The number of rotatable bonds is 4. The van der Waals surface area contributed by atoms with Gasteiger partial charge < -0.3 is 4.90 Å². The van der Waals surface area contributed by atoms with Crippen LogP contribution in [0.2, 0.25) is 0 Å². The molecule has 20 heavy (non-hydrogen) atoms. The van der Waals surface area contributed by atoms with Crippen molar-refractivity contribution in [1.82, 2.24) is 4.90 Å². The molecule has 1 rings (SSSR count). The van der Waals surface area contributed by atoms with Crippen molar-refractivity contribution in [2.75, 3.05) is 13.1 Å². The van der Waals surface area contributed by atoms with Crippen molar-refractivity contribution >= 4 is 0 Å². The molecule has 0 bridgehead atoms. The van der Waals surface area contributed by atoms with Gasteiger partial charge in [0.1, 0.15) is 0 Å². The highest BCUT2D eigenvalue weighted by Gasteiger charge is 2.32. The van der Waals surface area contributed by atoms with Crippen LogP contribution in [0.15, 0.2) is 0 Å². The lowest BCUT2D eigenvalue weighted by molar-refractivity contribution is 0.0719. The van der Waals surface area contributed by atoms with Crippen molar-refractivity contribution in [2.24, 2.45) is 11.3 Å². The van der Waals surface area contributed by atoms with Crippen LogP contribution in [0, 0.1) is 11.3 Å². The van der Waals surface area contributed by atoms with E-state index in [1.165, 1.54) is 45.2 Å². The summed E-state index contributed by atoms with van der Waals surface area (Å²) >= 11 is 0. The second-order valence-corrected chi connectivity index (χ2v) is 6.97. The molecule has 0 aromatic rings. The van der Waals surface area contributed by atoms with Gasteiger partial charge in [0.25, 0.3) is 0 Å². The predicted octanol–water partition coefficient (Wildman–Crippen LogP) is 6.38. The molecule has 0 radical (unpaired) electrons. The predicted molar refractivity (Wildman–Crippen MR) is 95.4 cm³/mol. The third kappa shape index (κ3) is 9.80. The van der Waals surface area contributed by atoms with Crippen molar-refractivity contribution < 1.29 is 0 Å². The zero-order chi connectivity index (χ0) is 16.2. The van der Waals surface area contributed by atoms with Crippen LogP contribution in [0.5, 0.6) is 0 Å². The molecule has 0 amide bonds. The molecule has 1 heteroatoms. The molecule has 0 saturated carbocycles. The summed E-state index contributed by atoms with van der Waals surface area (Å²) in [6, 6.07) is 0.742. The first-order valence-electron chi connectivity index (χ1n) is 9.11. The third-order valence-electron chi connectivity index (χ3n) is 4.12. The van der Waals surface area contributed by atoms with Crippen molar-refractivity contribution in [3.05, 3.63) is 0 Å². The van der Waals surface area contributed by atoms with Gasteiger partial charge in [-0.15, -0.1) is 0 Å². The Balaban J connectivity index is 0. The van der Waals surface area contributed by atoms with Crippen LogP contribution in [0.3, 0.4) is 0 Å². The van der Waals surface area contributed by atoms with Crippen LogP contribution in [0.1, 0.15) is 94.4 Å². The molecule has 0 unspecified atom stereocenters. The van der Waals surface area contributed by atoms with E-state index in [1.54, 1.807) is 0 Å². The largest absolute Gasteiger partial charge is 0.301 e. The van der Waals surface area contributed by atoms with E-state index in [9.17, 15) is 0 Å². The Labute approximate surface area is 130 Å². The van der Waals surface area contributed by atoms with E-state index in [0.717, 1.165) is 12.0 Å². The van der Waals surface area contributed by atoms with E-state index in [-0.39, 0.29) is 0 Å².